The van der Waals surface area contributed by atoms with Crippen LogP contribution in [0.5, 0.6) is 0 Å². The molecule has 0 heterocycles. The van der Waals surface area contributed by atoms with E-state index in [0.717, 1.165) is 0 Å². The number of hydrogen-bond donors (Lipinski definition) is 3. The van der Waals surface area contributed by atoms with Gasteiger partial charge in [0.2, 0.25) is 0 Å². The van der Waals surface area contributed by atoms with Crippen molar-refractivity contribution in [2.75, 3.05) is 13.2 Å². The predicted octanol–water partition coefficient (Wildman–Crippen LogP) is 0.890. The van der Waals surface area contributed by atoms with Gasteiger partial charge in [-0.1, -0.05) is 6.92 Å². The first-order valence-corrected chi connectivity index (χ1v) is 5.50. The number of rotatable bonds is 5. The molecule has 0 saturated heterocycles. The number of aliphatic hydroxyl groups is 2. The molecule has 0 aliphatic carbocycles. The predicted molar refractivity (Wildman–Crippen MR) is 61.1 cm³/mol. The summed E-state index contributed by atoms with van der Waals surface area (Å²) in [7, 11) is 0. The SMILES string of the molecule is C[C@H](CO)C[C@@H](O)CNC(=O)OC(C)(C)C. The van der Waals surface area contributed by atoms with Crippen molar-refractivity contribution in [2.24, 2.45) is 5.92 Å². The van der Waals surface area contributed by atoms with E-state index in [0.29, 0.717) is 6.42 Å². The minimum absolute atomic E-state index is 0.0236. The normalized spacial score (nSPS) is 15.4. The molecule has 0 bridgehead atoms. The van der Waals surface area contributed by atoms with Gasteiger partial charge in [0, 0.05) is 13.2 Å². The molecule has 16 heavy (non-hydrogen) atoms. The molecule has 0 rings (SSSR count). The molecule has 5 heteroatoms. The highest BCUT2D eigenvalue weighted by Crippen LogP contribution is 2.07. The van der Waals surface area contributed by atoms with Gasteiger partial charge in [0.1, 0.15) is 5.60 Å². The van der Waals surface area contributed by atoms with E-state index in [2.05, 4.69) is 5.32 Å². The highest BCUT2D eigenvalue weighted by atomic mass is 16.6. The average Bonchev–Trinajstić information content (AvgIpc) is 2.12. The molecule has 3 N–H and O–H groups in total. The van der Waals surface area contributed by atoms with Crippen LogP contribution in [-0.2, 0) is 4.74 Å². The summed E-state index contributed by atoms with van der Waals surface area (Å²) in [5.74, 6) is 0.0236. The fourth-order valence-corrected chi connectivity index (χ4v) is 1.14. The summed E-state index contributed by atoms with van der Waals surface area (Å²) in [6, 6.07) is 0. The highest BCUT2D eigenvalue weighted by Gasteiger charge is 2.17. The number of hydrogen-bond acceptors (Lipinski definition) is 4. The summed E-state index contributed by atoms with van der Waals surface area (Å²) >= 11 is 0. The summed E-state index contributed by atoms with van der Waals surface area (Å²) in [6.45, 7) is 7.32. The van der Waals surface area contributed by atoms with E-state index >= 15 is 0 Å². The zero-order valence-corrected chi connectivity index (χ0v) is 10.5. The number of aliphatic hydroxyl groups excluding tert-OH is 2. The van der Waals surface area contributed by atoms with Crippen LogP contribution in [0, 0.1) is 5.92 Å². The van der Waals surface area contributed by atoms with E-state index in [-0.39, 0.29) is 19.1 Å². The van der Waals surface area contributed by atoms with Crippen molar-refractivity contribution in [3.05, 3.63) is 0 Å². The van der Waals surface area contributed by atoms with Gasteiger partial charge in [0.05, 0.1) is 6.10 Å². The van der Waals surface area contributed by atoms with Gasteiger partial charge in [-0.25, -0.2) is 4.79 Å². The van der Waals surface area contributed by atoms with Crippen LogP contribution < -0.4 is 5.32 Å². The number of alkyl carbamates (subject to hydrolysis) is 1. The molecule has 0 aromatic carbocycles. The Morgan fingerprint density at radius 1 is 1.44 bits per heavy atom. The largest absolute Gasteiger partial charge is 0.444 e. The van der Waals surface area contributed by atoms with E-state index in [4.69, 9.17) is 9.84 Å². The number of carbonyl (C=O) groups excluding carboxylic acids is 1. The van der Waals surface area contributed by atoms with Gasteiger partial charge in [-0.15, -0.1) is 0 Å². The van der Waals surface area contributed by atoms with Gasteiger partial charge in [-0.05, 0) is 33.1 Å². The summed E-state index contributed by atoms with van der Waals surface area (Å²) in [5, 5.41) is 20.8. The van der Waals surface area contributed by atoms with Crippen LogP contribution in [0.4, 0.5) is 4.79 Å². The Hall–Kier alpha value is -0.810. The molecule has 2 atom stereocenters. The maximum atomic E-state index is 11.2. The molecule has 5 nitrogen and oxygen atoms in total. The van der Waals surface area contributed by atoms with Crippen molar-refractivity contribution in [3.63, 3.8) is 0 Å². The van der Waals surface area contributed by atoms with Crippen molar-refractivity contribution in [2.45, 2.75) is 45.8 Å². The molecule has 0 aromatic heterocycles. The maximum Gasteiger partial charge on any atom is 0.407 e. The van der Waals surface area contributed by atoms with Gasteiger partial charge < -0.3 is 20.3 Å². The van der Waals surface area contributed by atoms with E-state index in [1.165, 1.54) is 0 Å². The molecule has 1 amide bonds. The number of amides is 1. The quantitative estimate of drug-likeness (QED) is 0.659. The van der Waals surface area contributed by atoms with E-state index in [1.807, 2.05) is 6.92 Å². The molecule has 0 aliphatic rings. The van der Waals surface area contributed by atoms with Gasteiger partial charge in [0.15, 0.2) is 0 Å². The van der Waals surface area contributed by atoms with Gasteiger partial charge in [-0.3, -0.25) is 0 Å². The molecule has 0 unspecified atom stereocenters. The molecule has 0 fully saturated rings. The second-order valence-electron chi connectivity index (χ2n) is 5.06. The van der Waals surface area contributed by atoms with E-state index in [9.17, 15) is 9.90 Å². The Morgan fingerprint density at radius 3 is 2.44 bits per heavy atom. The fraction of sp³-hybridized carbons (Fsp3) is 0.909. The lowest BCUT2D eigenvalue weighted by Gasteiger charge is -2.21. The Labute approximate surface area is 96.8 Å². The lowest BCUT2D eigenvalue weighted by molar-refractivity contribution is 0.0475. The Balaban J connectivity index is 3.75. The third-order valence-corrected chi connectivity index (χ3v) is 1.87. The van der Waals surface area contributed by atoms with Crippen molar-refractivity contribution in [1.82, 2.24) is 5.32 Å². The molecule has 0 radical (unpaired) electrons. The number of ether oxygens (including phenoxy) is 1. The first kappa shape index (κ1) is 15.2. The lowest BCUT2D eigenvalue weighted by atomic mass is 10.1. The van der Waals surface area contributed by atoms with Crippen molar-refractivity contribution in [3.8, 4) is 0 Å². The first-order chi connectivity index (χ1) is 7.24. The zero-order valence-electron chi connectivity index (χ0n) is 10.5. The third kappa shape index (κ3) is 8.49. The third-order valence-electron chi connectivity index (χ3n) is 1.87. The van der Waals surface area contributed by atoms with Crippen LogP contribution in [0.2, 0.25) is 0 Å². The zero-order chi connectivity index (χ0) is 12.8. The maximum absolute atomic E-state index is 11.2. The monoisotopic (exact) mass is 233 g/mol. The molecule has 0 aromatic rings. The van der Waals surface area contributed by atoms with Gasteiger partial charge >= 0.3 is 6.09 Å². The molecule has 0 spiro atoms. The van der Waals surface area contributed by atoms with Crippen LogP contribution in [0.1, 0.15) is 34.1 Å². The molecular formula is C11H23NO4. The standard InChI is InChI=1S/C11H23NO4/c1-8(7-13)5-9(14)6-12-10(15)16-11(2,3)4/h8-9,13-14H,5-7H2,1-4H3,(H,12,15)/t8-,9+/m0/s1. The Morgan fingerprint density at radius 2 is 2.00 bits per heavy atom. The lowest BCUT2D eigenvalue weighted by Crippen LogP contribution is -2.37. The van der Waals surface area contributed by atoms with Crippen LogP contribution in [0.3, 0.4) is 0 Å². The highest BCUT2D eigenvalue weighted by molar-refractivity contribution is 5.67. The van der Waals surface area contributed by atoms with Crippen molar-refractivity contribution >= 4 is 6.09 Å². The number of carbonyl (C=O) groups is 1. The van der Waals surface area contributed by atoms with E-state index in [1.54, 1.807) is 20.8 Å². The smallest absolute Gasteiger partial charge is 0.407 e. The minimum Gasteiger partial charge on any atom is -0.444 e. The van der Waals surface area contributed by atoms with Gasteiger partial charge in [-0.2, -0.15) is 0 Å². The second-order valence-corrected chi connectivity index (χ2v) is 5.06. The van der Waals surface area contributed by atoms with Crippen molar-refractivity contribution in [1.29, 1.82) is 0 Å². The summed E-state index contributed by atoms with van der Waals surface area (Å²) in [5.41, 5.74) is -0.534. The molecule has 0 aliphatic heterocycles. The summed E-state index contributed by atoms with van der Waals surface area (Å²) < 4.78 is 5.01. The topological polar surface area (TPSA) is 78.8 Å². The van der Waals surface area contributed by atoms with Crippen LogP contribution in [0.25, 0.3) is 0 Å². The second kappa shape index (κ2) is 6.70. The fourth-order valence-electron chi connectivity index (χ4n) is 1.14. The molecular weight excluding hydrogens is 210 g/mol. The van der Waals surface area contributed by atoms with Crippen LogP contribution in [0.15, 0.2) is 0 Å². The van der Waals surface area contributed by atoms with Gasteiger partial charge in [0.25, 0.3) is 0 Å². The summed E-state index contributed by atoms with van der Waals surface area (Å²) in [4.78, 5) is 11.2. The first-order valence-electron chi connectivity index (χ1n) is 5.50. The number of nitrogens with one attached hydrogen (secondary N) is 1. The minimum atomic E-state index is -0.658. The van der Waals surface area contributed by atoms with Crippen molar-refractivity contribution < 1.29 is 19.7 Å². The Bertz CT molecular complexity index is 213. The van der Waals surface area contributed by atoms with Crippen LogP contribution in [-0.4, -0.2) is 41.2 Å². The Kier molecular flexibility index (Phi) is 6.36. The summed E-state index contributed by atoms with van der Waals surface area (Å²) in [6.07, 6.45) is -0.746. The molecule has 96 valence electrons. The van der Waals surface area contributed by atoms with E-state index < -0.39 is 17.8 Å². The molecule has 0 saturated carbocycles. The average molecular weight is 233 g/mol. The van der Waals surface area contributed by atoms with Crippen LogP contribution >= 0.6 is 0 Å².